The summed E-state index contributed by atoms with van der Waals surface area (Å²) < 4.78 is 11.7. The van der Waals surface area contributed by atoms with Crippen molar-refractivity contribution in [2.24, 2.45) is 11.8 Å². The molecule has 0 aromatic heterocycles. The van der Waals surface area contributed by atoms with Crippen molar-refractivity contribution in [2.75, 3.05) is 13.2 Å². The van der Waals surface area contributed by atoms with Gasteiger partial charge in [0.25, 0.3) is 0 Å². The van der Waals surface area contributed by atoms with Crippen LogP contribution in [0.4, 0.5) is 0 Å². The summed E-state index contributed by atoms with van der Waals surface area (Å²) in [6, 6.07) is 10.7. The van der Waals surface area contributed by atoms with Crippen LogP contribution in [0.3, 0.4) is 0 Å². The van der Waals surface area contributed by atoms with Crippen molar-refractivity contribution < 1.29 is 34.6 Å². The van der Waals surface area contributed by atoms with Crippen molar-refractivity contribution >= 4 is 42.6 Å². The Kier molecular flexibility index (Phi) is 11.0. The van der Waals surface area contributed by atoms with Crippen molar-refractivity contribution in [3.05, 3.63) is 52.0 Å². The summed E-state index contributed by atoms with van der Waals surface area (Å²) in [4.78, 5) is 12.8. The molecule has 0 saturated heterocycles. The number of ether oxygens (including phenoxy) is 2. The van der Waals surface area contributed by atoms with Crippen LogP contribution in [-0.2, 0) is 0 Å². The van der Waals surface area contributed by atoms with Gasteiger partial charge in [-0.2, -0.15) is 0 Å². The zero-order chi connectivity index (χ0) is 20.0. The molecule has 1 atom stereocenters. The summed E-state index contributed by atoms with van der Waals surface area (Å²) in [6.45, 7) is 9.53. The molecule has 0 heterocycles. The molecule has 28 heavy (non-hydrogen) atoms. The predicted octanol–water partition coefficient (Wildman–Crippen LogP) is 3.32. The summed E-state index contributed by atoms with van der Waals surface area (Å²) in [5, 5.41) is 1.54. The van der Waals surface area contributed by atoms with Crippen LogP contribution in [0.1, 0.15) is 39.5 Å². The molecule has 7 heteroatoms. The first kappa shape index (κ1) is 25.4. The quantitative estimate of drug-likeness (QED) is 0.448. The number of halogens is 2. The number of carbonyl (C=O) groups is 1. The molecule has 1 unspecified atom stereocenters. The van der Waals surface area contributed by atoms with Crippen LogP contribution >= 0.6 is 31.8 Å². The van der Waals surface area contributed by atoms with Crippen molar-refractivity contribution in [1.82, 2.24) is 0 Å². The molecule has 2 aromatic rings. The van der Waals surface area contributed by atoms with Crippen molar-refractivity contribution in [3.8, 4) is 11.5 Å². The third-order valence-corrected chi connectivity index (χ3v) is 5.34. The fourth-order valence-electron chi connectivity index (χ4n) is 2.23. The second-order valence-corrected chi connectivity index (χ2v) is 9.18. The zero-order valence-corrected chi connectivity index (χ0v) is 19.5. The number of hydrogen-bond acceptors (Lipinski definition) is 3. The number of benzene rings is 2. The van der Waals surface area contributed by atoms with E-state index in [2.05, 4.69) is 27.7 Å². The first-order valence-corrected chi connectivity index (χ1v) is 10.7. The average Bonchev–Trinajstić information content (AvgIpc) is 2.59. The van der Waals surface area contributed by atoms with Crippen molar-refractivity contribution in [1.29, 1.82) is 0 Å². The maximum absolute atomic E-state index is 12.8. The largest absolute Gasteiger partial charge is 1.00 e. The van der Waals surface area contributed by atoms with Crippen LogP contribution in [0.25, 0.3) is 0 Å². The fourth-order valence-corrected chi connectivity index (χ4v) is 4.03. The van der Waals surface area contributed by atoms with E-state index in [1.54, 1.807) is 18.2 Å². The maximum Gasteiger partial charge on any atom is 1.00 e. The van der Waals surface area contributed by atoms with Gasteiger partial charge in [-0.25, -0.2) is 0 Å². The standard InChI is InChI=1S/C21H25Cl2O3P.Li.H/c1-13(2)11-25-15-8-9-19(18(10-15)26-12-14(3)4)27-21(24)20-16(22)6-5-7-17(20)23;;/h5-10,13-14,27H,11-12H2,1-4H3;;/q;+1;-1. The Balaban J connectivity index is 0.00000392. The molecular formula is C21H26Cl2LiO3P. The molecule has 0 saturated carbocycles. The van der Waals surface area contributed by atoms with E-state index in [4.69, 9.17) is 32.7 Å². The van der Waals surface area contributed by atoms with Gasteiger partial charge in [-0.1, -0.05) is 57.0 Å². The Bertz CT molecular complexity index is 783. The van der Waals surface area contributed by atoms with E-state index in [1.165, 1.54) is 0 Å². The third-order valence-electron chi connectivity index (χ3n) is 3.55. The minimum atomic E-state index is -0.144. The molecule has 2 rings (SSSR count). The van der Waals surface area contributed by atoms with Crippen molar-refractivity contribution in [2.45, 2.75) is 27.7 Å². The van der Waals surface area contributed by atoms with Gasteiger partial charge in [0.2, 0.25) is 0 Å². The first-order chi connectivity index (χ1) is 12.8. The average molecular weight is 435 g/mol. The Labute approximate surface area is 192 Å². The summed E-state index contributed by atoms with van der Waals surface area (Å²) in [6.07, 6.45) is 0. The molecule has 0 aliphatic carbocycles. The van der Waals surface area contributed by atoms with Gasteiger partial charge in [-0.3, -0.25) is 4.79 Å². The van der Waals surface area contributed by atoms with Crippen LogP contribution in [-0.4, -0.2) is 18.7 Å². The minimum Gasteiger partial charge on any atom is -1.00 e. The van der Waals surface area contributed by atoms with Crippen LogP contribution in [0, 0.1) is 11.8 Å². The first-order valence-electron chi connectivity index (χ1n) is 8.93. The number of carbonyl (C=O) groups excluding carboxylic acids is 1. The zero-order valence-electron chi connectivity index (χ0n) is 18.0. The molecular weight excluding hydrogens is 409 g/mol. The molecule has 148 valence electrons. The fraction of sp³-hybridized carbons (Fsp3) is 0.381. The smallest absolute Gasteiger partial charge is 1.00 e. The summed E-state index contributed by atoms with van der Waals surface area (Å²) in [7, 11) is -0.144. The van der Waals surface area contributed by atoms with Gasteiger partial charge in [0.1, 0.15) is 11.5 Å². The van der Waals surface area contributed by atoms with Crippen LogP contribution in [0.2, 0.25) is 10.0 Å². The van der Waals surface area contributed by atoms with E-state index in [1.807, 2.05) is 18.2 Å². The van der Waals surface area contributed by atoms with E-state index in [0.717, 1.165) is 11.1 Å². The van der Waals surface area contributed by atoms with E-state index < -0.39 is 0 Å². The molecule has 3 nitrogen and oxygen atoms in total. The minimum absolute atomic E-state index is 0. The van der Waals surface area contributed by atoms with Gasteiger partial charge in [0.05, 0.1) is 28.8 Å². The second-order valence-electron chi connectivity index (χ2n) is 7.12. The molecule has 0 bridgehead atoms. The monoisotopic (exact) mass is 434 g/mol. The number of rotatable bonds is 9. The molecule has 0 amide bonds. The Morgan fingerprint density at radius 2 is 1.57 bits per heavy atom. The van der Waals surface area contributed by atoms with E-state index >= 15 is 0 Å². The van der Waals surface area contributed by atoms with Gasteiger partial charge in [0.15, 0.2) is 5.52 Å². The summed E-state index contributed by atoms with van der Waals surface area (Å²) >= 11 is 12.4. The summed E-state index contributed by atoms with van der Waals surface area (Å²) in [5.74, 6) is 2.20. The van der Waals surface area contributed by atoms with Crippen LogP contribution < -0.4 is 33.6 Å². The summed E-state index contributed by atoms with van der Waals surface area (Å²) in [5.41, 5.74) is 0.241. The van der Waals surface area contributed by atoms with E-state index in [0.29, 0.717) is 46.4 Å². The van der Waals surface area contributed by atoms with Gasteiger partial charge in [0, 0.05) is 11.4 Å². The second kappa shape index (κ2) is 12.1. The van der Waals surface area contributed by atoms with Gasteiger partial charge in [-0.05, 0) is 44.7 Å². The van der Waals surface area contributed by atoms with Gasteiger partial charge in [-0.15, -0.1) is 0 Å². The molecule has 0 N–H and O–H groups in total. The molecule has 0 fully saturated rings. The van der Waals surface area contributed by atoms with Crippen LogP contribution in [0.15, 0.2) is 36.4 Å². The third kappa shape index (κ3) is 7.62. The Morgan fingerprint density at radius 1 is 1.00 bits per heavy atom. The molecule has 0 aliphatic rings. The SMILES string of the molecule is CC(C)COc1ccc(PC(=O)c2c(Cl)cccc2Cl)c(OCC(C)C)c1.[H-].[Li+]. The predicted molar refractivity (Wildman–Crippen MR) is 117 cm³/mol. The molecule has 0 radical (unpaired) electrons. The molecule has 0 spiro atoms. The van der Waals surface area contributed by atoms with Crippen LogP contribution in [0.5, 0.6) is 11.5 Å². The number of hydrogen-bond donors (Lipinski definition) is 0. The van der Waals surface area contributed by atoms with Gasteiger partial charge < -0.3 is 10.9 Å². The van der Waals surface area contributed by atoms with E-state index in [9.17, 15) is 4.79 Å². The normalized spacial score (nSPS) is 11.1. The maximum atomic E-state index is 12.8. The van der Waals surface area contributed by atoms with Crippen molar-refractivity contribution in [3.63, 3.8) is 0 Å². The van der Waals surface area contributed by atoms with Gasteiger partial charge >= 0.3 is 18.9 Å². The van der Waals surface area contributed by atoms with E-state index in [-0.39, 0.29) is 34.4 Å². The molecule has 0 aliphatic heterocycles. The Hall–Kier alpha value is -0.683. The molecule has 2 aromatic carbocycles. The topological polar surface area (TPSA) is 35.5 Å². The Morgan fingerprint density at radius 3 is 2.14 bits per heavy atom.